The van der Waals surface area contributed by atoms with Crippen molar-refractivity contribution in [2.75, 3.05) is 0 Å². The summed E-state index contributed by atoms with van der Waals surface area (Å²) in [4.78, 5) is 16.9. The SMILES string of the molecule is CCCc1cc(C(C(=O)O)C2CCCCCC2)ccc1OCc1ccc2ccccc2n1. The lowest BCUT2D eigenvalue weighted by Crippen LogP contribution is -2.21. The predicted octanol–water partition coefficient (Wildman–Crippen LogP) is 6.90. The molecule has 0 aliphatic heterocycles. The first-order valence-electron chi connectivity index (χ1n) is 12.0. The summed E-state index contributed by atoms with van der Waals surface area (Å²) in [7, 11) is 0. The fourth-order valence-corrected chi connectivity index (χ4v) is 5.00. The Morgan fingerprint density at radius 3 is 2.59 bits per heavy atom. The molecule has 1 atom stereocenters. The van der Waals surface area contributed by atoms with E-state index in [1.54, 1.807) is 0 Å². The van der Waals surface area contributed by atoms with Crippen LogP contribution in [0.15, 0.2) is 54.6 Å². The number of carboxylic acid groups (broad SMARTS) is 1. The van der Waals surface area contributed by atoms with E-state index in [0.717, 1.165) is 72.0 Å². The van der Waals surface area contributed by atoms with Crippen LogP contribution in [0.25, 0.3) is 10.9 Å². The number of benzene rings is 2. The number of aromatic nitrogens is 1. The van der Waals surface area contributed by atoms with Gasteiger partial charge in [0.25, 0.3) is 0 Å². The van der Waals surface area contributed by atoms with E-state index >= 15 is 0 Å². The molecule has 4 heteroatoms. The Kier molecular flexibility index (Phi) is 7.41. The van der Waals surface area contributed by atoms with Crippen LogP contribution in [0.4, 0.5) is 0 Å². The molecule has 1 unspecified atom stereocenters. The second-order valence-corrected chi connectivity index (χ2v) is 8.97. The molecule has 0 saturated heterocycles. The van der Waals surface area contributed by atoms with Crippen molar-refractivity contribution in [2.24, 2.45) is 5.92 Å². The normalized spacial score (nSPS) is 15.9. The lowest BCUT2D eigenvalue weighted by atomic mass is 9.80. The number of aryl methyl sites for hydroxylation is 1. The number of hydrogen-bond donors (Lipinski definition) is 1. The highest BCUT2D eigenvalue weighted by molar-refractivity contribution is 5.78. The van der Waals surface area contributed by atoms with Crippen LogP contribution in [-0.4, -0.2) is 16.1 Å². The van der Waals surface area contributed by atoms with E-state index < -0.39 is 11.9 Å². The molecular formula is C28H33NO3. The average molecular weight is 432 g/mol. The van der Waals surface area contributed by atoms with Crippen molar-refractivity contribution in [3.8, 4) is 5.75 Å². The van der Waals surface area contributed by atoms with Crippen molar-refractivity contribution in [1.82, 2.24) is 4.98 Å². The fourth-order valence-electron chi connectivity index (χ4n) is 5.00. The van der Waals surface area contributed by atoms with Crippen LogP contribution >= 0.6 is 0 Å². The number of ether oxygens (including phenoxy) is 1. The van der Waals surface area contributed by atoms with Gasteiger partial charge >= 0.3 is 5.97 Å². The summed E-state index contributed by atoms with van der Waals surface area (Å²) >= 11 is 0. The van der Waals surface area contributed by atoms with E-state index in [9.17, 15) is 9.90 Å². The minimum atomic E-state index is -0.701. The van der Waals surface area contributed by atoms with E-state index in [1.807, 2.05) is 36.4 Å². The van der Waals surface area contributed by atoms with Crippen molar-refractivity contribution in [1.29, 1.82) is 0 Å². The summed E-state index contributed by atoms with van der Waals surface area (Å²) in [5.41, 5.74) is 3.86. The van der Waals surface area contributed by atoms with Gasteiger partial charge in [0.15, 0.2) is 0 Å². The van der Waals surface area contributed by atoms with Crippen molar-refractivity contribution in [3.05, 3.63) is 71.4 Å². The topological polar surface area (TPSA) is 59.4 Å². The van der Waals surface area contributed by atoms with Crippen molar-refractivity contribution in [3.63, 3.8) is 0 Å². The summed E-state index contributed by atoms with van der Waals surface area (Å²) < 4.78 is 6.18. The number of nitrogens with zero attached hydrogens (tertiary/aromatic N) is 1. The Labute approximate surface area is 190 Å². The standard InChI is InChI=1S/C28H33NO3/c1-2-9-22-18-23(27(28(30)31)21-11-5-3-4-6-12-21)15-17-26(22)32-19-24-16-14-20-10-7-8-13-25(20)29-24/h7-8,10,13-18,21,27H,2-6,9,11-12,19H2,1H3,(H,30,31). The molecule has 0 amide bonds. The van der Waals surface area contributed by atoms with E-state index in [2.05, 4.69) is 25.1 Å². The largest absolute Gasteiger partial charge is 0.487 e. The highest BCUT2D eigenvalue weighted by Gasteiger charge is 2.30. The van der Waals surface area contributed by atoms with Gasteiger partial charge < -0.3 is 9.84 Å². The smallest absolute Gasteiger partial charge is 0.311 e. The maximum Gasteiger partial charge on any atom is 0.311 e. The number of para-hydroxylation sites is 1. The van der Waals surface area contributed by atoms with Crippen LogP contribution in [0.3, 0.4) is 0 Å². The zero-order chi connectivity index (χ0) is 22.3. The highest BCUT2D eigenvalue weighted by Crippen LogP contribution is 2.37. The summed E-state index contributed by atoms with van der Waals surface area (Å²) in [6.07, 6.45) is 8.57. The molecule has 3 aromatic rings. The van der Waals surface area contributed by atoms with E-state index in [4.69, 9.17) is 9.72 Å². The first-order valence-corrected chi connectivity index (χ1v) is 12.0. The second-order valence-electron chi connectivity index (χ2n) is 8.97. The molecule has 0 spiro atoms. The minimum Gasteiger partial charge on any atom is -0.487 e. The van der Waals surface area contributed by atoms with Crippen LogP contribution in [0, 0.1) is 5.92 Å². The van der Waals surface area contributed by atoms with Gasteiger partial charge in [-0.1, -0.05) is 75.4 Å². The predicted molar refractivity (Wildman–Crippen MR) is 128 cm³/mol. The molecule has 0 bridgehead atoms. The quantitative estimate of drug-likeness (QED) is 0.394. The van der Waals surface area contributed by atoms with Gasteiger partial charge in [-0.25, -0.2) is 4.98 Å². The molecule has 1 N–H and O–H groups in total. The van der Waals surface area contributed by atoms with Gasteiger partial charge in [0.2, 0.25) is 0 Å². The third-order valence-electron chi connectivity index (χ3n) is 6.63. The Balaban J connectivity index is 1.55. The van der Waals surface area contributed by atoms with Crippen LogP contribution in [0.2, 0.25) is 0 Å². The van der Waals surface area contributed by atoms with Gasteiger partial charge in [-0.2, -0.15) is 0 Å². The summed E-state index contributed by atoms with van der Waals surface area (Å²) in [5, 5.41) is 11.2. The van der Waals surface area contributed by atoms with E-state index in [0.29, 0.717) is 6.61 Å². The monoisotopic (exact) mass is 431 g/mol. The maximum atomic E-state index is 12.2. The Bertz CT molecular complexity index is 1050. The molecule has 1 heterocycles. The third kappa shape index (κ3) is 5.29. The van der Waals surface area contributed by atoms with E-state index in [-0.39, 0.29) is 5.92 Å². The van der Waals surface area contributed by atoms with Gasteiger partial charge in [-0.05, 0) is 54.5 Å². The Morgan fingerprint density at radius 1 is 1.06 bits per heavy atom. The van der Waals surface area contributed by atoms with Gasteiger partial charge in [0, 0.05) is 5.39 Å². The molecule has 2 aromatic carbocycles. The molecule has 1 aliphatic carbocycles. The fraction of sp³-hybridized carbons (Fsp3) is 0.429. The number of hydrogen-bond acceptors (Lipinski definition) is 3. The third-order valence-corrected chi connectivity index (χ3v) is 6.63. The van der Waals surface area contributed by atoms with Gasteiger partial charge in [-0.15, -0.1) is 0 Å². The van der Waals surface area contributed by atoms with Gasteiger partial charge in [0.1, 0.15) is 12.4 Å². The number of rotatable bonds is 8. The molecule has 1 fully saturated rings. The molecule has 168 valence electrons. The van der Waals surface area contributed by atoms with Crippen LogP contribution in [0.5, 0.6) is 5.75 Å². The number of carbonyl (C=O) groups is 1. The first-order chi connectivity index (χ1) is 15.7. The van der Waals surface area contributed by atoms with Gasteiger partial charge in [0.05, 0.1) is 17.1 Å². The summed E-state index contributed by atoms with van der Waals surface area (Å²) in [6, 6.07) is 18.2. The summed E-state index contributed by atoms with van der Waals surface area (Å²) in [6.45, 7) is 2.53. The molecule has 4 nitrogen and oxygen atoms in total. The zero-order valence-corrected chi connectivity index (χ0v) is 18.9. The van der Waals surface area contributed by atoms with Crippen molar-refractivity contribution in [2.45, 2.75) is 70.8 Å². The lowest BCUT2D eigenvalue weighted by Gasteiger charge is -2.24. The van der Waals surface area contributed by atoms with Gasteiger partial charge in [-0.3, -0.25) is 4.79 Å². The molecule has 0 radical (unpaired) electrons. The average Bonchev–Trinajstić information content (AvgIpc) is 3.08. The second kappa shape index (κ2) is 10.6. The molecule has 1 aromatic heterocycles. The number of carboxylic acids is 1. The number of pyridine rings is 1. The molecule has 1 aliphatic rings. The van der Waals surface area contributed by atoms with Crippen LogP contribution < -0.4 is 4.74 Å². The number of aliphatic carboxylic acids is 1. The molecule has 32 heavy (non-hydrogen) atoms. The Hall–Kier alpha value is -2.88. The first kappa shape index (κ1) is 22.3. The molecule has 1 saturated carbocycles. The van der Waals surface area contributed by atoms with Crippen LogP contribution in [-0.2, 0) is 17.8 Å². The summed E-state index contributed by atoms with van der Waals surface area (Å²) in [5.74, 6) is -0.0816. The Morgan fingerprint density at radius 2 is 1.84 bits per heavy atom. The zero-order valence-electron chi connectivity index (χ0n) is 18.9. The number of fused-ring (bicyclic) bond motifs is 1. The molecular weight excluding hydrogens is 398 g/mol. The van der Waals surface area contributed by atoms with Crippen molar-refractivity contribution < 1.29 is 14.6 Å². The van der Waals surface area contributed by atoms with Crippen molar-refractivity contribution >= 4 is 16.9 Å². The minimum absolute atomic E-state index is 0.220. The maximum absolute atomic E-state index is 12.2. The van der Waals surface area contributed by atoms with Crippen LogP contribution in [0.1, 0.15) is 74.6 Å². The molecule has 4 rings (SSSR count). The lowest BCUT2D eigenvalue weighted by molar-refractivity contribution is -0.140. The highest BCUT2D eigenvalue weighted by atomic mass is 16.5. The van der Waals surface area contributed by atoms with E-state index in [1.165, 1.54) is 12.8 Å².